The third kappa shape index (κ3) is 18.9. The Hall–Kier alpha value is 0.880. The summed E-state index contributed by atoms with van der Waals surface area (Å²) < 4.78 is 11.3. The van der Waals surface area contributed by atoms with E-state index in [1.54, 1.807) is 0 Å². The molecule has 0 aromatic rings. The first-order valence-electron chi connectivity index (χ1n) is 8.74. The number of rotatable bonds is 16. The quantitative estimate of drug-likeness (QED) is 0.203. The molecule has 0 aliphatic carbocycles. The van der Waals surface area contributed by atoms with Gasteiger partial charge in [-0.3, -0.25) is 0 Å². The van der Waals surface area contributed by atoms with Crippen LogP contribution in [0.15, 0.2) is 0 Å². The van der Waals surface area contributed by atoms with Crippen LogP contribution in [0.1, 0.15) is 90.9 Å². The molecule has 0 fully saturated rings. The van der Waals surface area contributed by atoms with E-state index in [1.807, 2.05) is 0 Å². The second kappa shape index (κ2) is 18.2. The first-order valence-corrected chi connectivity index (χ1v) is 12.5. The van der Waals surface area contributed by atoms with Gasteiger partial charge in [-0.05, 0) is 24.6 Å². The van der Waals surface area contributed by atoms with Crippen LogP contribution in [0.2, 0.25) is 0 Å². The molecule has 3 nitrogen and oxygen atoms in total. The fourth-order valence-electron chi connectivity index (χ4n) is 2.16. The Kier molecular flexibility index (Phi) is 20.8. The maximum Gasteiger partial charge on any atom is 0.244 e. The van der Waals surface area contributed by atoms with Gasteiger partial charge in [0.05, 0.1) is 13.2 Å². The molecule has 0 radical (unpaired) electrons. The van der Waals surface area contributed by atoms with Crippen molar-refractivity contribution in [3.05, 3.63) is 0 Å². The van der Waals surface area contributed by atoms with E-state index in [2.05, 4.69) is 26.1 Å². The second-order valence-electron chi connectivity index (χ2n) is 5.67. The highest BCUT2D eigenvalue weighted by molar-refractivity contribution is 8.60. The Morgan fingerprint density at radius 2 is 1.00 bits per heavy atom. The Morgan fingerprint density at radius 3 is 1.36 bits per heavy atom. The van der Waals surface area contributed by atoms with E-state index < -0.39 is 5.69 Å². The fourth-order valence-corrected chi connectivity index (χ4v) is 3.89. The summed E-state index contributed by atoms with van der Waals surface area (Å²) in [6, 6.07) is 0. The summed E-state index contributed by atoms with van der Waals surface area (Å²) in [5, 5.41) is 0. The number of hydrogen-bond donors (Lipinski definition) is 1. The molecule has 136 valence electrons. The summed E-state index contributed by atoms with van der Waals surface area (Å²) in [5.74, 6) is 0. The van der Waals surface area contributed by atoms with Gasteiger partial charge >= 0.3 is 0 Å². The van der Waals surface area contributed by atoms with Crippen LogP contribution in [-0.4, -0.2) is 18.7 Å². The van der Waals surface area contributed by atoms with Crippen LogP contribution in [0, 0.1) is 0 Å². The second-order valence-corrected chi connectivity index (χ2v) is 11.0. The van der Waals surface area contributed by atoms with Crippen molar-refractivity contribution in [3.8, 4) is 0 Å². The van der Waals surface area contributed by atoms with Crippen LogP contribution in [0.3, 0.4) is 0 Å². The Balaban J connectivity index is 0. The van der Waals surface area contributed by atoms with Crippen molar-refractivity contribution >= 4 is 29.7 Å². The van der Waals surface area contributed by atoms with Gasteiger partial charge in [0.2, 0.25) is 5.69 Å². The summed E-state index contributed by atoms with van der Waals surface area (Å²) in [6.45, 7) is 5.87. The molecular weight excluding hydrogens is 335 g/mol. The highest BCUT2D eigenvalue weighted by Crippen LogP contribution is 2.53. The molecule has 0 unspecified atom stereocenters. The van der Waals surface area contributed by atoms with Crippen LogP contribution in [-0.2, 0) is 20.9 Å². The zero-order valence-corrected chi connectivity index (χ0v) is 17.1. The Labute approximate surface area is 148 Å². The fraction of sp³-hybridized carbons (Fsp3) is 1.00. The van der Waals surface area contributed by atoms with Gasteiger partial charge in [0.25, 0.3) is 0 Å². The predicted octanol–water partition coefficient (Wildman–Crippen LogP) is 6.07. The summed E-state index contributed by atoms with van der Waals surface area (Å²) in [6.07, 6.45) is 15.1. The number of thiol groups is 1. The maximum atomic E-state index is 5.65. The van der Waals surface area contributed by atoms with Gasteiger partial charge in [-0.15, -0.1) is 0 Å². The van der Waals surface area contributed by atoms with Crippen LogP contribution in [0.25, 0.3) is 0 Å². The van der Waals surface area contributed by atoms with Crippen molar-refractivity contribution in [2.45, 2.75) is 90.9 Å². The lowest BCUT2D eigenvalue weighted by Crippen LogP contribution is -1.96. The molecule has 0 aliphatic heterocycles. The van der Waals surface area contributed by atoms with Crippen molar-refractivity contribution in [2.24, 2.45) is 0 Å². The van der Waals surface area contributed by atoms with Crippen molar-refractivity contribution in [1.82, 2.24) is 0 Å². The topological polar surface area (TPSA) is 50.0 Å². The highest BCUT2D eigenvalue weighted by Gasteiger charge is 2.12. The predicted molar refractivity (Wildman–Crippen MR) is 106 cm³/mol. The van der Waals surface area contributed by atoms with Gasteiger partial charge in [0.15, 0.2) is 0 Å². The monoisotopic (exact) mass is 372 g/mol. The average molecular weight is 373 g/mol. The third-order valence-corrected chi connectivity index (χ3v) is 5.85. The summed E-state index contributed by atoms with van der Waals surface area (Å²) in [4.78, 5) is 0. The van der Waals surface area contributed by atoms with Gasteiger partial charge in [-0.25, -0.2) is 0 Å². The molecule has 0 spiro atoms. The van der Waals surface area contributed by atoms with E-state index in [0.29, 0.717) is 13.2 Å². The maximum absolute atomic E-state index is 5.65. The zero-order valence-electron chi connectivity index (χ0n) is 14.5. The normalized spacial score (nSPS) is 11.4. The van der Waals surface area contributed by atoms with Crippen molar-refractivity contribution in [3.63, 3.8) is 0 Å². The molecule has 0 aromatic heterocycles. The summed E-state index contributed by atoms with van der Waals surface area (Å²) in [5.41, 5.74) is -2.29. The lowest BCUT2D eigenvalue weighted by Gasteiger charge is -2.16. The van der Waals surface area contributed by atoms with Crippen molar-refractivity contribution in [1.29, 1.82) is 0 Å². The number of hydrogen-bond acceptors (Lipinski definition) is 3. The van der Waals surface area contributed by atoms with Gasteiger partial charge < -0.3 is 14.5 Å². The molecule has 0 saturated heterocycles. The summed E-state index contributed by atoms with van der Waals surface area (Å²) >= 11 is 9.70. The van der Waals surface area contributed by atoms with Gasteiger partial charge in [0, 0.05) is 0 Å². The first kappa shape index (κ1) is 25.1. The van der Waals surface area contributed by atoms with Gasteiger partial charge in [-0.2, -0.15) is 0 Å². The molecule has 0 amide bonds. The SMILES string of the molecule is CCCCCCCCOP(=S)(S)OCCCCCCCC.O. The lowest BCUT2D eigenvalue weighted by atomic mass is 10.1. The van der Waals surface area contributed by atoms with Crippen LogP contribution < -0.4 is 0 Å². The van der Waals surface area contributed by atoms with E-state index in [-0.39, 0.29) is 5.48 Å². The van der Waals surface area contributed by atoms with E-state index in [4.69, 9.17) is 20.9 Å². The van der Waals surface area contributed by atoms with E-state index >= 15 is 0 Å². The van der Waals surface area contributed by atoms with E-state index in [1.165, 1.54) is 64.2 Å². The average Bonchev–Trinajstić information content (AvgIpc) is 2.45. The smallest absolute Gasteiger partial charge is 0.244 e. The van der Waals surface area contributed by atoms with E-state index in [0.717, 1.165) is 12.8 Å². The molecular formula is C16H37O3PS2. The molecule has 0 aromatic carbocycles. The van der Waals surface area contributed by atoms with Crippen LogP contribution >= 0.6 is 17.9 Å². The minimum atomic E-state index is -2.29. The van der Waals surface area contributed by atoms with Gasteiger partial charge in [-0.1, -0.05) is 90.3 Å². The minimum absolute atomic E-state index is 0. The summed E-state index contributed by atoms with van der Waals surface area (Å²) in [7, 11) is 0. The molecule has 2 N–H and O–H groups in total. The molecule has 0 bridgehead atoms. The molecule has 0 saturated carbocycles. The number of unbranched alkanes of at least 4 members (excludes halogenated alkanes) is 10. The van der Waals surface area contributed by atoms with E-state index in [9.17, 15) is 0 Å². The minimum Gasteiger partial charge on any atom is -0.412 e. The third-order valence-electron chi connectivity index (χ3n) is 3.50. The molecule has 0 atom stereocenters. The molecule has 0 heterocycles. The molecule has 6 heteroatoms. The molecule has 22 heavy (non-hydrogen) atoms. The Morgan fingerprint density at radius 1 is 0.682 bits per heavy atom. The molecule has 0 aliphatic rings. The van der Waals surface area contributed by atoms with Crippen molar-refractivity contribution < 1.29 is 14.5 Å². The lowest BCUT2D eigenvalue weighted by molar-refractivity contribution is 0.250. The highest BCUT2D eigenvalue weighted by atomic mass is 32.9. The Bertz CT molecular complexity index is 244. The molecule has 0 rings (SSSR count). The largest absolute Gasteiger partial charge is 0.412 e. The standard InChI is InChI=1S/C16H35O2PS2.H2O/c1-3-5-7-9-11-13-15-17-19(20,21)18-16-14-12-10-8-6-4-2;/h3-16H2,1-2H3,(H,20,21);1H2. The first-order chi connectivity index (χ1) is 10.1. The van der Waals surface area contributed by atoms with Crippen LogP contribution in [0.4, 0.5) is 0 Å². The zero-order chi connectivity index (χ0) is 15.8. The van der Waals surface area contributed by atoms with Gasteiger partial charge in [0.1, 0.15) is 0 Å². The van der Waals surface area contributed by atoms with Crippen LogP contribution in [0.5, 0.6) is 0 Å². The van der Waals surface area contributed by atoms with Crippen molar-refractivity contribution in [2.75, 3.05) is 13.2 Å².